The zero-order chi connectivity index (χ0) is 65.5. The molecule has 0 bridgehead atoms. The average Bonchev–Trinajstić information content (AvgIpc) is 0.812. The standard InChI is InChI=1S/C80H76O12/c1-75(2,54-24-16-12-17-25-54)57-30-40-63(41-31-57)85-71(81)89-67-48-38-61(52-69(67)91-73(83)87-65-44-34-59(35-45-65)77(5,6)56-28-20-14-21-29-56)78(7,8)62-39-49-68(90-72(82)86-64-42-32-58(33-43-64)76(3,4)55-26-18-13-19-27-55)70(53-62)92-74(84)88-66-46-36-60(37-47-66)79(9,10)80(11)50-22-15-23-51-80/h12-50,52-53H,51H2,1-11H3. The van der Waals surface area contributed by atoms with Gasteiger partial charge in [-0.05, 0) is 140 Å². The highest BCUT2D eigenvalue weighted by atomic mass is 16.8. The monoisotopic (exact) mass is 1230 g/mol. The molecule has 0 aromatic heterocycles. The van der Waals surface area contributed by atoms with Gasteiger partial charge in [-0.3, -0.25) is 0 Å². The summed E-state index contributed by atoms with van der Waals surface area (Å²) >= 11 is 0. The molecule has 0 fully saturated rings. The first-order valence-corrected chi connectivity index (χ1v) is 30.6. The number of benzene rings is 9. The van der Waals surface area contributed by atoms with Crippen LogP contribution >= 0.6 is 0 Å². The molecule has 9 aromatic rings. The minimum atomic E-state index is -1.12. The summed E-state index contributed by atoms with van der Waals surface area (Å²) in [4.78, 5) is 55.2. The Morgan fingerprint density at radius 1 is 0.293 bits per heavy atom. The molecule has 1 unspecified atom stereocenters. The lowest BCUT2D eigenvalue weighted by atomic mass is 9.60. The van der Waals surface area contributed by atoms with Crippen LogP contribution in [0.15, 0.2) is 249 Å². The molecular weight excluding hydrogens is 1150 g/mol. The maximum absolute atomic E-state index is 13.9. The van der Waals surface area contributed by atoms with Gasteiger partial charge in [0.05, 0.1) is 0 Å². The van der Waals surface area contributed by atoms with E-state index in [4.69, 9.17) is 37.9 Å². The van der Waals surface area contributed by atoms with Crippen molar-refractivity contribution in [2.24, 2.45) is 5.41 Å². The van der Waals surface area contributed by atoms with Crippen LogP contribution in [-0.2, 0) is 27.1 Å². The van der Waals surface area contributed by atoms with E-state index in [2.05, 4.69) is 117 Å². The van der Waals surface area contributed by atoms with Crippen molar-refractivity contribution < 1.29 is 57.1 Å². The number of hydrogen-bond acceptors (Lipinski definition) is 12. The van der Waals surface area contributed by atoms with Crippen molar-refractivity contribution in [3.63, 3.8) is 0 Å². The van der Waals surface area contributed by atoms with Crippen LogP contribution in [0.3, 0.4) is 0 Å². The van der Waals surface area contributed by atoms with Gasteiger partial charge in [-0.25, -0.2) is 19.2 Å². The normalized spacial score (nSPS) is 14.1. The third-order valence-electron chi connectivity index (χ3n) is 18.4. The van der Waals surface area contributed by atoms with Crippen LogP contribution in [0.5, 0.6) is 46.0 Å². The van der Waals surface area contributed by atoms with Gasteiger partial charge >= 0.3 is 24.6 Å². The highest BCUT2D eigenvalue weighted by Crippen LogP contribution is 2.48. The number of carbonyl (C=O) groups excluding carboxylic acids is 4. The van der Waals surface area contributed by atoms with Crippen LogP contribution in [-0.4, -0.2) is 24.6 Å². The van der Waals surface area contributed by atoms with Crippen molar-refractivity contribution in [3.8, 4) is 46.0 Å². The summed E-state index contributed by atoms with van der Waals surface area (Å²) in [6.07, 6.45) is 4.93. The maximum atomic E-state index is 13.9. The Hall–Kier alpha value is -10.5. The predicted molar refractivity (Wildman–Crippen MR) is 357 cm³/mol. The third-order valence-corrected chi connectivity index (χ3v) is 18.4. The number of allylic oxidation sites excluding steroid dienone is 4. The number of rotatable bonds is 18. The Labute approximate surface area is 539 Å². The summed E-state index contributed by atoms with van der Waals surface area (Å²) in [6, 6.07) is 68.3. The van der Waals surface area contributed by atoms with E-state index in [1.165, 1.54) is 24.3 Å². The van der Waals surface area contributed by atoms with Gasteiger partial charge in [0.2, 0.25) is 0 Å². The minimum Gasteiger partial charge on any atom is -0.395 e. The molecule has 0 aliphatic heterocycles. The molecule has 468 valence electrons. The summed E-state index contributed by atoms with van der Waals surface area (Å²) in [7, 11) is 0. The predicted octanol–water partition coefficient (Wildman–Crippen LogP) is 20.1. The van der Waals surface area contributed by atoms with Gasteiger partial charge in [-0.15, -0.1) is 0 Å². The first-order chi connectivity index (χ1) is 43.8. The molecule has 10 rings (SSSR count). The molecule has 1 atom stereocenters. The van der Waals surface area contributed by atoms with Crippen molar-refractivity contribution in [1.29, 1.82) is 0 Å². The van der Waals surface area contributed by atoms with Crippen LogP contribution in [0, 0.1) is 5.41 Å². The van der Waals surface area contributed by atoms with Crippen molar-refractivity contribution in [1.82, 2.24) is 0 Å². The number of ether oxygens (including phenoxy) is 8. The largest absolute Gasteiger partial charge is 0.519 e. The van der Waals surface area contributed by atoms with E-state index in [1.807, 2.05) is 123 Å². The van der Waals surface area contributed by atoms with E-state index >= 15 is 0 Å². The van der Waals surface area contributed by atoms with Crippen molar-refractivity contribution >= 4 is 24.6 Å². The van der Waals surface area contributed by atoms with Crippen LogP contribution in [0.25, 0.3) is 0 Å². The SMILES string of the molecule is CC(C)(c1ccccc1)c1ccc(OC(=O)Oc2ccc(C(C)(C)c3ccc(OC(=O)Oc4ccc(C(C)(C)c5ccccc5)cc4)c(OC(=O)Oc4ccc(C(C)(C)C5(C)C=CC=CC5)cc4)c3)cc2OC(=O)Oc2ccc(C(C)(C)c3ccccc3)cc2)cc1. The molecule has 92 heavy (non-hydrogen) atoms. The van der Waals surface area contributed by atoms with Crippen LogP contribution < -0.4 is 37.9 Å². The topological polar surface area (TPSA) is 142 Å². The molecule has 0 amide bonds. The van der Waals surface area contributed by atoms with Crippen LogP contribution in [0.4, 0.5) is 19.2 Å². The molecule has 1 aliphatic rings. The summed E-state index contributed by atoms with van der Waals surface area (Å²) in [5.41, 5.74) is 5.93. The molecule has 0 saturated heterocycles. The second-order valence-corrected chi connectivity index (χ2v) is 25.9. The molecule has 12 heteroatoms. The summed E-state index contributed by atoms with van der Waals surface area (Å²) < 4.78 is 46.4. The van der Waals surface area contributed by atoms with Crippen molar-refractivity contribution in [2.75, 3.05) is 0 Å². The van der Waals surface area contributed by atoms with Gasteiger partial charge in [-0.1, -0.05) is 252 Å². The summed E-state index contributed by atoms with van der Waals surface area (Å²) in [5, 5.41) is 0. The lowest BCUT2D eigenvalue weighted by Crippen LogP contribution is -2.37. The second-order valence-electron chi connectivity index (χ2n) is 25.9. The fourth-order valence-electron chi connectivity index (χ4n) is 11.5. The first kappa shape index (κ1) is 64.5. The highest BCUT2D eigenvalue weighted by Gasteiger charge is 2.40. The molecule has 1 aliphatic carbocycles. The smallest absolute Gasteiger partial charge is 0.395 e. The van der Waals surface area contributed by atoms with Gasteiger partial charge in [0.15, 0.2) is 23.0 Å². The van der Waals surface area contributed by atoms with Crippen LogP contribution in [0.1, 0.15) is 133 Å². The van der Waals surface area contributed by atoms with Gasteiger partial charge in [0.1, 0.15) is 23.0 Å². The first-order valence-electron chi connectivity index (χ1n) is 30.6. The number of carbonyl (C=O) groups is 4. The molecule has 0 saturated carbocycles. The van der Waals surface area contributed by atoms with Crippen molar-refractivity contribution in [2.45, 2.75) is 110 Å². The Balaban J connectivity index is 0.927. The maximum Gasteiger partial charge on any atom is 0.519 e. The van der Waals surface area contributed by atoms with E-state index in [-0.39, 0.29) is 73.1 Å². The molecule has 0 spiro atoms. The summed E-state index contributed by atoms with van der Waals surface area (Å²) in [5.74, 6) is 0.181. The van der Waals surface area contributed by atoms with Gasteiger partial charge in [0.25, 0.3) is 0 Å². The fraction of sp³-hybridized carbons (Fsp3) is 0.225. The lowest BCUT2D eigenvalue weighted by Gasteiger charge is -2.43. The average molecular weight is 1230 g/mol. The Bertz CT molecular complexity index is 4150. The Morgan fingerprint density at radius 2 is 0.554 bits per heavy atom. The quantitative estimate of drug-likeness (QED) is 0.0596. The van der Waals surface area contributed by atoms with Gasteiger partial charge in [0, 0.05) is 21.7 Å². The summed E-state index contributed by atoms with van der Waals surface area (Å²) in [6.45, 7) is 23.0. The molecule has 9 aromatic carbocycles. The van der Waals surface area contributed by atoms with E-state index in [0.717, 1.165) is 45.4 Å². The Morgan fingerprint density at radius 3 is 0.848 bits per heavy atom. The highest BCUT2D eigenvalue weighted by molar-refractivity contribution is 5.74. The van der Waals surface area contributed by atoms with Gasteiger partial charge < -0.3 is 37.9 Å². The molecular formula is C80H76O12. The molecule has 0 heterocycles. The van der Waals surface area contributed by atoms with Crippen LogP contribution in [0.2, 0.25) is 0 Å². The zero-order valence-corrected chi connectivity index (χ0v) is 53.8. The number of hydrogen-bond donors (Lipinski definition) is 0. The van der Waals surface area contributed by atoms with E-state index < -0.39 is 30.0 Å². The molecule has 12 nitrogen and oxygen atoms in total. The third kappa shape index (κ3) is 14.4. The van der Waals surface area contributed by atoms with Crippen molar-refractivity contribution in [3.05, 3.63) is 299 Å². The molecule has 0 N–H and O–H groups in total. The second kappa shape index (κ2) is 26.5. The Kier molecular flexibility index (Phi) is 18.6. The van der Waals surface area contributed by atoms with Gasteiger partial charge in [-0.2, -0.15) is 0 Å². The van der Waals surface area contributed by atoms with E-state index in [1.54, 1.807) is 60.7 Å². The lowest BCUT2D eigenvalue weighted by molar-refractivity contribution is 0.140. The van der Waals surface area contributed by atoms with E-state index in [0.29, 0.717) is 11.1 Å². The fourth-order valence-corrected chi connectivity index (χ4v) is 11.5. The van der Waals surface area contributed by atoms with E-state index in [9.17, 15) is 19.2 Å². The molecule has 0 radical (unpaired) electrons. The minimum absolute atomic E-state index is 0.156. The zero-order valence-electron chi connectivity index (χ0n) is 53.8.